The van der Waals surface area contributed by atoms with Crippen molar-refractivity contribution >= 4 is 29.7 Å². The van der Waals surface area contributed by atoms with Crippen LogP contribution in [-0.2, 0) is 20.7 Å². The van der Waals surface area contributed by atoms with E-state index < -0.39 is 29.7 Å². The first-order valence-electron chi connectivity index (χ1n) is 17.0. The van der Waals surface area contributed by atoms with Crippen LogP contribution in [0.25, 0.3) is 6.08 Å². The fourth-order valence-corrected chi connectivity index (χ4v) is 5.68. The van der Waals surface area contributed by atoms with Crippen LogP contribution in [0.15, 0.2) is 73.3 Å². The van der Waals surface area contributed by atoms with Crippen LogP contribution in [0.2, 0.25) is 0 Å². The van der Waals surface area contributed by atoms with Gasteiger partial charge in [-0.3, -0.25) is 9.59 Å². The largest absolute Gasteiger partial charge is 0.508 e. The molecule has 0 bridgehead atoms. The average Bonchev–Trinajstić information content (AvgIpc) is 3.03. The number of anilines is 1. The second-order valence-electron chi connectivity index (χ2n) is 13.4. The van der Waals surface area contributed by atoms with Crippen molar-refractivity contribution in [1.82, 2.24) is 10.2 Å². The molecule has 8 nitrogen and oxygen atoms in total. The molecule has 3 aromatic carbocycles. The molecule has 258 valence electrons. The van der Waals surface area contributed by atoms with Crippen LogP contribution in [0.4, 0.5) is 10.5 Å². The standard InChI is InChI=1S/C40H53N3O5/c1-8-10-11-12-13-14-25-43(38(46)34(41-39(47)48-40(5,6)7)27-31-21-23-33(44)24-22-31)36(32-20-16-19-30(9-2)26-32)37(45)42-35-28(3)17-15-18-29(35)4/h9,15-24,26,34,36,44H,2,8,10-14,25,27H2,1,3-7H3,(H,41,47)(H,42,45). The summed E-state index contributed by atoms with van der Waals surface area (Å²) in [6, 6.07) is 17.7. The number of ether oxygens (including phenoxy) is 1. The topological polar surface area (TPSA) is 108 Å². The highest BCUT2D eigenvalue weighted by Crippen LogP contribution is 2.29. The molecule has 48 heavy (non-hydrogen) atoms. The highest BCUT2D eigenvalue weighted by atomic mass is 16.6. The van der Waals surface area contributed by atoms with E-state index in [0.717, 1.165) is 54.4 Å². The summed E-state index contributed by atoms with van der Waals surface area (Å²) in [6.45, 7) is 15.5. The lowest BCUT2D eigenvalue weighted by Crippen LogP contribution is -2.53. The Balaban J connectivity index is 2.11. The Hall–Kier alpha value is -4.59. The summed E-state index contributed by atoms with van der Waals surface area (Å²) in [4.78, 5) is 44.1. The molecule has 8 heteroatoms. The number of carbonyl (C=O) groups is 3. The molecule has 0 saturated carbocycles. The van der Waals surface area contributed by atoms with Gasteiger partial charge in [0.05, 0.1) is 0 Å². The van der Waals surface area contributed by atoms with E-state index in [2.05, 4.69) is 24.1 Å². The molecule has 0 heterocycles. The third kappa shape index (κ3) is 11.6. The number of phenols is 1. The van der Waals surface area contributed by atoms with Gasteiger partial charge in [0.2, 0.25) is 5.91 Å². The minimum Gasteiger partial charge on any atom is -0.508 e. The van der Waals surface area contributed by atoms with Gasteiger partial charge in [-0.25, -0.2) is 4.79 Å². The first-order valence-corrected chi connectivity index (χ1v) is 17.0. The normalized spacial score (nSPS) is 12.5. The molecule has 0 aliphatic carbocycles. The predicted molar refractivity (Wildman–Crippen MR) is 194 cm³/mol. The number of nitrogens with one attached hydrogen (secondary N) is 2. The zero-order valence-electron chi connectivity index (χ0n) is 29.5. The monoisotopic (exact) mass is 655 g/mol. The van der Waals surface area contributed by atoms with Crippen molar-refractivity contribution in [1.29, 1.82) is 0 Å². The van der Waals surface area contributed by atoms with E-state index in [1.54, 1.807) is 56.0 Å². The summed E-state index contributed by atoms with van der Waals surface area (Å²) in [5.74, 6) is -0.668. The summed E-state index contributed by atoms with van der Waals surface area (Å²) < 4.78 is 5.57. The smallest absolute Gasteiger partial charge is 0.408 e. The molecule has 3 amide bonds. The fraction of sp³-hybridized carbons (Fsp3) is 0.425. The molecule has 0 aromatic heterocycles. The summed E-state index contributed by atoms with van der Waals surface area (Å²) in [5.41, 5.74) is 3.92. The molecule has 3 aromatic rings. The average molecular weight is 656 g/mol. The summed E-state index contributed by atoms with van der Waals surface area (Å²) >= 11 is 0. The number of amides is 3. The Bertz CT molecular complexity index is 1510. The van der Waals surface area contributed by atoms with Crippen LogP contribution in [0.5, 0.6) is 5.75 Å². The van der Waals surface area contributed by atoms with Crippen LogP contribution < -0.4 is 10.6 Å². The molecule has 2 unspecified atom stereocenters. The van der Waals surface area contributed by atoms with E-state index in [4.69, 9.17) is 4.74 Å². The van der Waals surface area contributed by atoms with E-state index in [9.17, 15) is 19.5 Å². The maximum Gasteiger partial charge on any atom is 0.408 e. The second kappa shape index (κ2) is 18.1. The Morgan fingerprint density at radius 2 is 1.54 bits per heavy atom. The number of para-hydroxylation sites is 1. The van der Waals surface area contributed by atoms with Crippen molar-refractivity contribution < 1.29 is 24.2 Å². The third-order valence-electron chi connectivity index (χ3n) is 8.15. The molecule has 0 saturated heterocycles. The molecular weight excluding hydrogens is 602 g/mol. The number of rotatable bonds is 16. The van der Waals surface area contributed by atoms with Crippen molar-refractivity contribution in [2.75, 3.05) is 11.9 Å². The fourth-order valence-electron chi connectivity index (χ4n) is 5.68. The van der Waals surface area contributed by atoms with Gasteiger partial charge in [-0.05, 0) is 87.1 Å². The van der Waals surface area contributed by atoms with Gasteiger partial charge >= 0.3 is 6.09 Å². The van der Waals surface area contributed by atoms with Crippen LogP contribution in [0.1, 0.15) is 100 Å². The molecule has 0 aliphatic rings. The number of phenolic OH excluding ortho intramolecular Hbond substituents is 1. The number of unbranched alkanes of at least 4 members (excludes halogenated alkanes) is 5. The van der Waals surface area contributed by atoms with Gasteiger partial charge in [0, 0.05) is 18.7 Å². The van der Waals surface area contributed by atoms with Gasteiger partial charge in [0.25, 0.3) is 5.91 Å². The number of aromatic hydroxyl groups is 1. The van der Waals surface area contributed by atoms with Crippen LogP contribution in [-0.4, -0.2) is 46.1 Å². The van der Waals surface area contributed by atoms with E-state index in [-0.39, 0.29) is 18.1 Å². The van der Waals surface area contributed by atoms with Gasteiger partial charge in [-0.1, -0.05) is 100 Å². The quantitative estimate of drug-likeness (QED) is 0.134. The Morgan fingerprint density at radius 3 is 2.17 bits per heavy atom. The summed E-state index contributed by atoms with van der Waals surface area (Å²) in [5, 5.41) is 15.8. The Morgan fingerprint density at radius 1 is 0.917 bits per heavy atom. The van der Waals surface area contributed by atoms with E-state index in [0.29, 0.717) is 24.2 Å². The van der Waals surface area contributed by atoms with E-state index in [1.165, 1.54) is 0 Å². The highest BCUT2D eigenvalue weighted by molar-refractivity contribution is 6.00. The van der Waals surface area contributed by atoms with Gasteiger partial charge in [0.1, 0.15) is 23.4 Å². The molecule has 2 atom stereocenters. The van der Waals surface area contributed by atoms with Crippen LogP contribution >= 0.6 is 0 Å². The SMILES string of the molecule is C=Cc1cccc(C(C(=O)Nc2c(C)cccc2C)N(CCCCCCCC)C(=O)C(Cc2ccc(O)cc2)NC(=O)OC(C)(C)C)c1. The van der Waals surface area contributed by atoms with Crippen LogP contribution in [0.3, 0.4) is 0 Å². The van der Waals surface area contributed by atoms with Gasteiger partial charge in [-0.2, -0.15) is 0 Å². The molecular formula is C40H53N3O5. The van der Waals surface area contributed by atoms with Crippen LogP contribution in [0, 0.1) is 13.8 Å². The highest BCUT2D eigenvalue weighted by Gasteiger charge is 2.36. The lowest BCUT2D eigenvalue weighted by atomic mass is 9.97. The van der Waals surface area contributed by atoms with Gasteiger partial charge < -0.3 is 25.4 Å². The van der Waals surface area contributed by atoms with Gasteiger partial charge in [0.15, 0.2) is 0 Å². The van der Waals surface area contributed by atoms with Crippen molar-refractivity contribution in [2.45, 2.75) is 104 Å². The molecule has 0 aliphatic heterocycles. The number of nitrogens with zero attached hydrogens (tertiary/aromatic N) is 1. The minimum atomic E-state index is -1.05. The summed E-state index contributed by atoms with van der Waals surface area (Å²) in [6.07, 6.45) is 7.08. The van der Waals surface area contributed by atoms with E-state index in [1.807, 2.05) is 56.3 Å². The summed E-state index contributed by atoms with van der Waals surface area (Å²) in [7, 11) is 0. The minimum absolute atomic E-state index is 0.0942. The Labute approximate surface area is 286 Å². The molecule has 3 N–H and O–H groups in total. The lowest BCUT2D eigenvalue weighted by Gasteiger charge is -2.35. The molecule has 0 radical (unpaired) electrons. The maximum absolute atomic E-state index is 14.8. The first kappa shape index (κ1) is 37.9. The Kier molecular flexibility index (Phi) is 14.3. The predicted octanol–water partition coefficient (Wildman–Crippen LogP) is 8.66. The lowest BCUT2D eigenvalue weighted by molar-refractivity contribution is -0.140. The number of alkyl carbamates (subject to hydrolysis) is 1. The third-order valence-corrected chi connectivity index (χ3v) is 8.15. The van der Waals surface area contributed by atoms with Crippen molar-refractivity contribution in [2.24, 2.45) is 0 Å². The second-order valence-corrected chi connectivity index (χ2v) is 13.4. The number of aryl methyl sites for hydroxylation is 2. The zero-order chi connectivity index (χ0) is 35.3. The number of carbonyl (C=O) groups excluding carboxylic acids is 3. The molecule has 0 spiro atoms. The first-order chi connectivity index (χ1) is 22.8. The number of benzene rings is 3. The van der Waals surface area contributed by atoms with Crippen molar-refractivity contribution in [3.63, 3.8) is 0 Å². The maximum atomic E-state index is 14.8. The van der Waals surface area contributed by atoms with Crippen molar-refractivity contribution in [3.05, 3.63) is 101 Å². The number of hydrogen-bond donors (Lipinski definition) is 3. The molecule has 0 fully saturated rings. The zero-order valence-corrected chi connectivity index (χ0v) is 29.5. The van der Waals surface area contributed by atoms with E-state index >= 15 is 0 Å². The van der Waals surface area contributed by atoms with Crippen molar-refractivity contribution in [3.8, 4) is 5.75 Å². The number of hydrogen-bond acceptors (Lipinski definition) is 5. The van der Waals surface area contributed by atoms with Gasteiger partial charge in [-0.15, -0.1) is 0 Å². The molecule has 3 rings (SSSR count).